The summed E-state index contributed by atoms with van der Waals surface area (Å²) in [5.74, 6) is 0.407. The Morgan fingerprint density at radius 1 is 1.12 bits per heavy atom. The normalized spacial score (nSPS) is 11.5. The summed E-state index contributed by atoms with van der Waals surface area (Å²) in [5.41, 5.74) is 2.01. The van der Waals surface area contributed by atoms with Gasteiger partial charge in [-0.15, -0.1) is 0 Å². The molecule has 0 fully saturated rings. The third-order valence-corrected chi connectivity index (χ3v) is 6.75. The zero-order chi connectivity index (χ0) is 22.8. The van der Waals surface area contributed by atoms with Crippen LogP contribution in [-0.2, 0) is 17.0 Å². The number of rotatable bonds is 7. The summed E-state index contributed by atoms with van der Waals surface area (Å²) in [7, 11) is 1.62. The van der Waals surface area contributed by atoms with Crippen LogP contribution in [0.5, 0.6) is 0 Å². The molecular weight excluding hydrogens is 471 g/mol. The topological polar surface area (TPSA) is 74.3 Å². The summed E-state index contributed by atoms with van der Waals surface area (Å²) in [4.78, 5) is 30.0. The Kier molecular flexibility index (Phi) is 6.90. The number of hydrogen-bond acceptors (Lipinski definition) is 6. The van der Waals surface area contributed by atoms with Crippen molar-refractivity contribution in [1.82, 2.24) is 9.55 Å². The molecule has 32 heavy (non-hydrogen) atoms. The highest BCUT2D eigenvalue weighted by Gasteiger charge is 2.14. The van der Waals surface area contributed by atoms with Crippen LogP contribution in [0.1, 0.15) is 17.5 Å². The highest BCUT2D eigenvalue weighted by atomic mass is 35.5. The number of halogens is 2. The second-order valence-corrected chi connectivity index (χ2v) is 9.12. The minimum absolute atomic E-state index is 0.138. The molecule has 0 atom stereocenters. The van der Waals surface area contributed by atoms with Gasteiger partial charge in [0.2, 0.25) is 0 Å². The molecule has 0 aliphatic heterocycles. The summed E-state index contributed by atoms with van der Waals surface area (Å²) in [6, 6.07) is 10.0. The van der Waals surface area contributed by atoms with E-state index < -0.39 is 5.63 Å². The molecule has 0 radical (unpaired) electrons. The molecule has 0 amide bonds. The molecular formula is C23H20Cl2N2O4S. The zero-order valence-corrected chi connectivity index (χ0v) is 19.8. The smallest absolute Gasteiger partial charge is 0.336 e. The Hall–Kier alpha value is -2.32. The number of ether oxygens (including phenoxy) is 1. The molecule has 0 unspecified atom stereocenters. The molecule has 0 aliphatic rings. The lowest BCUT2D eigenvalue weighted by molar-refractivity contribution is 0.189. The average molecular weight is 491 g/mol. The van der Waals surface area contributed by atoms with Crippen molar-refractivity contribution in [3.63, 3.8) is 0 Å². The van der Waals surface area contributed by atoms with Crippen molar-refractivity contribution >= 4 is 56.8 Å². The quantitative estimate of drug-likeness (QED) is 0.148. The van der Waals surface area contributed by atoms with E-state index in [9.17, 15) is 9.59 Å². The first-order chi connectivity index (χ1) is 15.4. The maximum absolute atomic E-state index is 13.2. The van der Waals surface area contributed by atoms with Gasteiger partial charge in [0.15, 0.2) is 5.16 Å². The van der Waals surface area contributed by atoms with Crippen LogP contribution < -0.4 is 11.2 Å². The van der Waals surface area contributed by atoms with E-state index in [1.807, 2.05) is 6.92 Å². The van der Waals surface area contributed by atoms with E-state index in [1.165, 1.54) is 17.8 Å². The monoisotopic (exact) mass is 490 g/mol. The molecule has 9 heteroatoms. The van der Waals surface area contributed by atoms with Crippen molar-refractivity contribution in [3.05, 3.63) is 78.3 Å². The number of methoxy groups -OCH3 is 1. The van der Waals surface area contributed by atoms with E-state index >= 15 is 0 Å². The van der Waals surface area contributed by atoms with Gasteiger partial charge in [-0.3, -0.25) is 9.36 Å². The highest BCUT2D eigenvalue weighted by Crippen LogP contribution is 2.29. The Morgan fingerprint density at radius 3 is 2.72 bits per heavy atom. The van der Waals surface area contributed by atoms with E-state index in [2.05, 4.69) is 0 Å². The Bertz CT molecular complexity index is 1430. The molecule has 4 aromatic rings. The van der Waals surface area contributed by atoms with Gasteiger partial charge in [0.05, 0.1) is 10.9 Å². The number of aromatic nitrogens is 2. The second-order valence-electron chi connectivity index (χ2n) is 7.34. The third-order valence-electron chi connectivity index (χ3n) is 5.08. The molecule has 2 aromatic carbocycles. The van der Waals surface area contributed by atoms with Crippen molar-refractivity contribution in [2.24, 2.45) is 0 Å². The van der Waals surface area contributed by atoms with Gasteiger partial charge in [-0.1, -0.05) is 35.0 Å². The lowest BCUT2D eigenvalue weighted by Gasteiger charge is -2.14. The summed E-state index contributed by atoms with van der Waals surface area (Å²) >= 11 is 13.8. The fraction of sp³-hybridized carbons (Fsp3) is 0.261. The van der Waals surface area contributed by atoms with Gasteiger partial charge in [0.1, 0.15) is 5.58 Å². The van der Waals surface area contributed by atoms with Crippen molar-refractivity contribution in [1.29, 1.82) is 0 Å². The van der Waals surface area contributed by atoms with Crippen LogP contribution in [0.25, 0.3) is 21.9 Å². The lowest BCUT2D eigenvalue weighted by Crippen LogP contribution is -2.24. The van der Waals surface area contributed by atoms with Crippen LogP contribution in [0, 0.1) is 6.92 Å². The van der Waals surface area contributed by atoms with Gasteiger partial charge in [-0.05, 0) is 54.8 Å². The van der Waals surface area contributed by atoms with Crippen LogP contribution in [0.3, 0.4) is 0 Å². The molecule has 0 N–H and O–H groups in total. The number of hydrogen-bond donors (Lipinski definition) is 0. The summed E-state index contributed by atoms with van der Waals surface area (Å²) in [6.45, 7) is 2.84. The molecule has 0 bridgehead atoms. The molecule has 0 aliphatic carbocycles. The van der Waals surface area contributed by atoms with E-state index in [4.69, 9.17) is 37.3 Å². The number of benzene rings is 2. The Balaban J connectivity index is 1.77. The van der Waals surface area contributed by atoms with Crippen LogP contribution in [-0.4, -0.2) is 23.3 Å². The summed E-state index contributed by atoms with van der Waals surface area (Å²) in [5, 5.41) is 2.90. The van der Waals surface area contributed by atoms with E-state index in [-0.39, 0.29) is 5.56 Å². The molecule has 2 heterocycles. The van der Waals surface area contributed by atoms with Crippen molar-refractivity contribution in [2.75, 3.05) is 13.7 Å². The molecule has 0 saturated carbocycles. The maximum Gasteiger partial charge on any atom is 0.336 e. The predicted molar refractivity (Wildman–Crippen MR) is 129 cm³/mol. The third kappa shape index (κ3) is 4.71. The zero-order valence-electron chi connectivity index (χ0n) is 17.5. The van der Waals surface area contributed by atoms with Gasteiger partial charge in [-0.25, -0.2) is 9.78 Å². The molecule has 6 nitrogen and oxygen atoms in total. The lowest BCUT2D eigenvalue weighted by atomic mass is 10.1. The first-order valence-electron chi connectivity index (χ1n) is 9.92. The minimum Gasteiger partial charge on any atom is -0.423 e. The van der Waals surface area contributed by atoms with Crippen molar-refractivity contribution in [2.45, 2.75) is 30.8 Å². The molecule has 2 aromatic heterocycles. The van der Waals surface area contributed by atoms with E-state index in [0.29, 0.717) is 57.0 Å². The van der Waals surface area contributed by atoms with Gasteiger partial charge >= 0.3 is 5.63 Å². The fourth-order valence-electron chi connectivity index (χ4n) is 3.46. The van der Waals surface area contributed by atoms with E-state index in [1.54, 1.807) is 42.0 Å². The van der Waals surface area contributed by atoms with Gasteiger partial charge in [-0.2, -0.15) is 0 Å². The van der Waals surface area contributed by atoms with Crippen molar-refractivity contribution in [3.8, 4) is 0 Å². The first kappa shape index (κ1) is 22.9. The molecule has 0 spiro atoms. The van der Waals surface area contributed by atoms with Crippen LogP contribution in [0.15, 0.2) is 55.6 Å². The van der Waals surface area contributed by atoms with Crippen LogP contribution >= 0.6 is 35.0 Å². The largest absolute Gasteiger partial charge is 0.423 e. The Labute approximate surface area is 198 Å². The van der Waals surface area contributed by atoms with Gasteiger partial charge in [0, 0.05) is 47.5 Å². The number of thioether (sulfide) groups is 1. The van der Waals surface area contributed by atoms with Crippen molar-refractivity contribution < 1.29 is 9.15 Å². The standard InChI is InChI=1S/C23H20Cl2N2O4S/c1-13-8-20-17(11-18(13)25)14(9-21(28)31-20)12-32-23-26-19-10-15(24)4-5-16(19)22(29)27(23)6-3-7-30-2/h4-5,8-11H,3,6-7,12H2,1-2H3. The SMILES string of the molecule is COCCCn1c(SCc2cc(=O)oc3cc(C)c(Cl)cc23)nc2cc(Cl)ccc2c1=O. The number of aryl methyl sites for hydroxylation is 1. The second kappa shape index (κ2) is 9.67. The molecule has 4 rings (SSSR count). The highest BCUT2D eigenvalue weighted by molar-refractivity contribution is 7.98. The summed E-state index contributed by atoms with van der Waals surface area (Å²) in [6.07, 6.45) is 0.664. The van der Waals surface area contributed by atoms with Gasteiger partial charge in [0.25, 0.3) is 5.56 Å². The predicted octanol–water partition coefficient (Wildman–Crippen LogP) is 5.45. The number of fused-ring (bicyclic) bond motifs is 2. The average Bonchev–Trinajstić information content (AvgIpc) is 2.75. The Morgan fingerprint density at radius 2 is 1.94 bits per heavy atom. The maximum atomic E-state index is 13.2. The molecule has 166 valence electrons. The van der Waals surface area contributed by atoms with E-state index in [0.717, 1.165) is 16.5 Å². The number of nitrogens with zero attached hydrogens (tertiary/aromatic N) is 2. The minimum atomic E-state index is -0.439. The summed E-state index contributed by atoms with van der Waals surface area (Å²) < 4.78 is 12.1. The fourth-order valence-corrected chi connectivity index (χ4v) is 4.80. The van der Waals surface area contributed by atoms with Gasteiger partial charge < -0.3 is 9.15 Å². The molecule has 0 saturated heterocycles. The first-order valence-corrected chi connectivity index (χ1v) is 11.7. The van der Waals surface area contributed by atoms with Crippen LogP contribution in [0.4, 0.5) is 0 Å². The van der Waals surface area contributed by atoms with Crippen LogP contribution in [0.2, 0.25) is 10.0 Å².